The number of hydrogen-bond acceptors (Lipinski definition) is 4. The first-order valence-electron chi connectivity index (χ1n) is 8.08. The summed E-state index contributed by atoms with van der Waals surface area (Å²) in [6.45, 7) is 8.96. The van der Waals surface area contributed by atoms with Gasteiger partial charge >= 0.3 is 0 Å². The van der Waals surface area contributed by atoms with Gasteiger partial charge in [-0.25, -0.2) is 4.68 Å². The highest BCUT2D eigenvalue weighted by atomic mass is 16.2. The van der Waals surface area contributed by atoms with Gasteiger partial charge in [-0.1, -0.05) is 31.9 Å². The summed E-state index contributed by atoms with van der Waals surface area (Å²) in [5.41, 5.74) is 1.35. The van der Waals surface area contributed by atoms with Crippen LogP contribution in [0.25, 0.3) is 0 Å². The van der Waals surface area contributed by atoms with Crippen molar-refractivity contribution < 1.29 is 4.79 Å². The molecule has 1 amide bonds. The number of hydrogen-bond donors (Lipinski definition) is 2. The van der Waals surface area contributed by atoms with Crippen LogP contribution in [0.5, 0.6) is 0 Å². The van der Waals surface area contributed by atoms with Crippen LogP contribution in [0, 0.1) is 12.8 Å². The molecular weight excluding hydrogens is 266 g/mol. The van der Waals surface area contributed by atoms with Crippen LogP contribution in [0.3, 0.4) is 0 Å². The molecule has 0 bridgehead atoms. The Kier molecular flexibility index (Phi) is 5.73. The zero-order valence-electron chi connectivity index (χ0n) is 13.4. The van der Waals surface area contributed by atoms with E-state index in [2.05, 4.69) is 34.8 Å². The lowest BCUT2D eigenvalue weighted by Crippen LogP contribution is -2.31. The predicted molar refractivity (Wildman–Crippen MR) is 82.3 cm³/mol. The Labute approximate surface area is 126 Å². The Morgan fingerprint density at radius 1 is 1.38 bits per heavy atom. The van der Waals surface area contributed by atoms with Crippen molar-refractivity contribution in [2.45, 2.75) is 52.5 Å². The molecule has 0 spiro atoms. The van der Waals surface area contributed by atoms with E-state index < -0.39 is 0 Å². The summed E-state index contributed by atoms with van der Waals surface area (Å²) in [5.74, 6) is 0.438. The van der Waals surface area contributed by atoms with Gasteiger partial charge in [0.05, 0.1) is 11.7 Å². The number of amides is 1. The molecule has 1 aromatic rings. The van der Waals surface area contributed by atoms with Crippen LogP contribution in [0.15, 0.2) is 0 Å². The van der Waals surface area contributed by atoms with Gasteiger partial charge in [0, 0.05) is 6.54 Å². The van der Waals surface area contributed by atoms with E-state index in [9.17, 15) is 4.79 Å². The van der Waals surface area contributed by atoms with Crippen LogP contribution >= 0.6 is 0 Å². The Balaban J connectivity index is 2.00. The lowest BCUT2D eigenvalue weighted by atomic mass is 10.0. The van der Waals surface area contributed by atoms with Crippen LogP contribution in [0.2, 0.25) is 0 Å². The fourth-order valence-corrected chi connectivity index (χ4v) is 2.85. The van der Waals surface area contributed by atoms with Gasteiger partial charge in [0.2, 0.25) is 0 Å². The molecule has 1 fully saturated rings. The molecule has 6 heteroatoms. The lowest BCUT2D eigenvalue weighted by molar-refractivity contribution is 0.0940. The molecule has 118 valence electrons. The van der Waals surface area contributed by atoms with Gasteiger partial charge in [-0.05, 0) is 38.8 Å². The molecule has 1 aromatic heterocycles. The lowest BCUT2D eigenvalue weighted by Gasteiger charge is -2.23. The second-order valence-corrected chi connectivity index (χ2v) is 5.84. The zero-order chi connectivity index (χ0) is 15.2. The molecule has 0 aliphatic carbocycles. The predicted octanol–water partition coefficient (Wildman–Crippen LogP) is 1.68. The molecule has 0 unspecified atom stereocenters. The molecule has 2 heterocycles. The number of rotatable bonds is 6. The summed E-state index contributed by atoms with van der Waals surface area (Å²) in [4.78, 5) is 12.3. The van der Waals surface area contributed by atoms with Crippen LogP contribution in [-0.4, -0.2) is 40.5 Å². The topological polar surface area (TPSA) is 71.8 Å². The van der Waals surface area contributed by atoms with E-state index in [-0.39, 0.29) is 5.91 Å². The standard InChI is InChI=1S/C15H27N5O/c1-4-12(5-2)10-17-15(21)14-11(3)20(19-18-14)13-6-8-16-9-7-13/h12-13,16H,4-10H2,1-3H3,(H,17,21). The molecule has 0 aromatic carbocycles. The maximum atomic E-state index is 12.3. The highest BCUT2D eigenvalue weighted by Gasteiger charge is 2.22. The van der Waals surface area contributed by atoms with E-state index >= 15 is 0 Å². The Hall–Kier alpha value is -1.43. The molecule has 0 radical (unpaired) electrons. The third-order valence-electron chi connectivity index (χ3n) is 4.50. The van der Waals surface area contributed by atoms with Crippen molar-refractivity contribution in [3.05, 3.63) is 11.4 Å². The van der Waals surface area contributed by atoms with Crippen molar-refractivity contribution in [2.24, 2.45) is 5.92 Å². The average Bonchev–Trinajstić information content (AvgIpc) is 2.90. The van der Waals surface area contributed by atoms with E-state index in [1.165, 1.54) is 0 Å². The number of nitrogens with zero attached hydrogens (tertiary/aromatic N) is 3. The Morgan fingerprint density at radius 3 is 2.67 bits per heavy atom. The third-order valence-corrected chi connectivity index (χ3v) is 4.50. The maximum Gasteiger partial charge on any atom is 0.273 e. The largest absolute Gasteiger partial charge is 0.350 e. The number of piperidine rings is 1. The van der Waals surface area contributed by atoms with Crippen molar-refractivity contribution >= 4 is 5.91 Å². The van der Waals surface area contributed by atoms with Crippen molar-refractivity contribution in [1.29, 1.82) is 0 Å². The van der Waals surface area contributed by atoms with E-state index in [0.29, 0.717) is 24.2 Å². The summed E-state index contributed by atoms with van der Waals surface area (Å²) in [6.07, 6.45) is 4.24. The molecular formula is C15H27N5O. The number of nitrogens with one attached hydrogen (secondary N) is 2. The molecule has 21 heavy (non-hydrogen) atoms. The highest BCUT2D eigenvalue weighted by molar-refractivity contribution is 5.93. The van der Waals surface area contributed by atoms with Gasteiger partial charge in [0.1, 0.15) is 0 Å². The molecule has 1 aliphatic rings. The van der Waals surface area contributed by atoms with E-state index in [1.54, 1.807) is 0 Å². The molecule has 1 aliphatic heterocycles. The Bertz CT molecular complexity index is 461. The SMILES string of the molecule is CCC(CC)CNC(=O)c1nnn(C2CCNCC2)c1C. The highest BCUT2D eigenvalue weighted by Crippen LogP contribution is 2.20. The summed E-state index contributed by atoms with van der Waals surface area (Å²) in [5, 5.41) is 14.6. The van der Waals surface area contributed by atoms with Crippen molar-refractivity contribution in [1.82, 2.24) is 25.6 Å². The minimum Gasteiger partial charge on any atom is -0.350 e. The fraction of sp³-hybridized carbons (Fsp3) is 0.800. The molecule has 2 rings (SSSR count). The summed E-state index contributed by atoms with van der Waals surface area (Å²) < 4.78 is 1.92. The van der Waals surface area contributed by atoms with Gasteiger partial charge in [-0.3, -0.25) is 4.79 Å². The monoisotopic (exact) mass is 293 g/mol. The second-order valence-electron chi connectivity index (χ2n) is 5.84. The zero-order valence-corrected chi connectivity index (χ0v) is 13.4. The summed E-state index contributed by atoms with van der Waals surface area (Å²) in [6, 6.07) is 0.360. The number of aromatic nitrogens is 3. The minimum atomic E-state index is -0.0976. The van der Waals surface area contributed by atoms with Crippen molar-refractivity contribution in [2.75, 3.05) is 19.6 Å². The van der Waals surface area contributed by atoms with E-state index in [1.807, 2.05) is 11.6 Å². The minimum absolute atomic E-state index is 0.0976. The van der Waals surface area contributed by atoms with Crippen LogP contribution in [-0.2, 0) is 0 Å². The van der Waals surface area contributed by atoms with Crippen molar-refractivity contribution in [3.63, 3.8) is 0 Å². The van der Waals surface area contributed by atoms with Crippen LogP contribution in [0.4, 0.5) is 0 Å². The number of carbonyl (C=O) groups is 1. The van der Waals surface area contributed by atoms with Gasteiger partial charge in [0.15, 0.2) is 5.69 Å². The van der Waals surface area contributed by atoms with Crippen molar-refractivity contribution in [3.8, 4) is 0 Å². The molecule has 2 N–H and O–H groups in total. The maximum absolute atomic E-state index is 12.3. The van der Waals surface area contributed by atoms with E-state index in [0.717, 1.165) is 44.5 Å². The molecule has 0 saturated carbocycles. The van der Waals surface area contributed by atoms with E-state index in [4.69, 9.17) is 0 Å². The fourth-order valence-electron chi connectivity index (χ4n) is 2.85. The number of carbonyl (C=O) groups excluding carboxylic acids is 1. The summed E-state index contributed by atoms with van der Waals surface area (Å²) >= 11 is 0. The normalized spacial score (nSPS) is 16.4. The molecule has 0 atom stereocenters. The molecule has 1 saturated heterocycles. The Morgan fingerprint density at radius 2 is 2.05 bits per heavy atom. The van der Waals surface area contributed by atoms with Gasteiger partial charge in [0.25, 0.3) is 5.91 Å². The average molecular weight is 293 g/mol. The quantitative estimate of drug-likeness (QED) is 0.837. The first kappa shape index (κ1) is 15.9. The van der Waals surface area contributed by atoms with Gasteiger partial charge in [-0.15, -0.1) is 5.10 Å². The third kappa shape index (κ3) is 3.81. The summed E-state index contributed by atoms with van der Waals surface area (Å²) in [7, 11) is 0. The van der Waals surface area contributed by atoms with Crippen LogP contribution < -0.4 is 10.6 Å². The first-order valence-corrected chi connectivity index (χ1v) is 8.08. The first-order chi connectivity index (χ1) is 10.2. The second kappa shape index (κ2) is 7.54. The molecule has 6 nitrogen and oxygen atoms in total. The van der Waals surface area contributed by atoms with Gasteiger partial charge in [-0.2, -0.15) is 0 Å². The smallest absolute Gasteiger partial charge is 0.273 e. The van der Waals surface area contributed by atoms with Gasteiger partial charge < -0.3 is 10.6 Å². The van der Waals surface area contributed by atoms with Crippen LogP contribution in [0.1, 0.15) is 61.8 Å².